The van der Waals surface area contributed by atoms with Crippen molar-refractivity contribution in [2.45, 2.75) is 52.5 Å². The Hall–Kier alpha value is -3.07. The van der Waals surface area contributed by atoms with E-state index in [0.717, 1.165) is 11.8 Å². The molecule has 8 nitrogen and oxygen atoms in total. The number of anilines is 1. The maximum atomic E-state index is 13.4. The van der Waals surface area contributed by atoms with Gasteiger partial charge in [-0.15, -0.1) is 0 Å². The maximum Gasteiger partial charge on any atom is 0.242 e. The second-order valence-corrected chi connectivity index (χ2v) is 11.4. The SMILES string of the molecule is CC[C@H](C(=O)NCC(C)C)N(CCc1ccccc1)C(=O)CCCN(c1ccc(OC)cc1)S(C)(=O)=O. The molecule has 9 heteroatoms. The fourth-order valence-corrected chi connectivity index (χ4v) is 5.04. The van der Waals surface area contributed by atoms with Gasteiger partial charge in [-0.2, -0.15) is 0 Å². The number of nitrogens with one attached hydrogen (secondary N) is 1. The first-order chi connectivity index (χ1) is 17.6. The van der Waals surface area contributed by atoms with Crippen molar-refractivity contribution in [1.29, 1.82) is 0 Å². The van der Waals surface area contributed by atoms with Gasteiger partial charge < -0.3 is 15.0 Å². The average Bonchev–Trinajstić information content (AvgIpc) is 2.87. The van der Waals surface area contributed by atoms with E-state index in [-0.39, 0.29) is 24.8 Å². The Bertz CT molecular complexity index is 1090. The standard InChI is InChI=1S/C28H41N3O5S/c1-6-26(28(33)29-21-22(2)3)30(20-18-23-11-8-7-9-12-23)27(32)13-10-19-31(37(5,34)35)24-14-16-25(36-4)17-15-24/h7-9,11-12,14-17,22,26H,6,10,13,18-21H2,1-5H3,(H,29,33)/t26-/m1/s1. The molecule has 2 rings (SSSR count). The van der Waals surface area contributed by atoms with Gasteiger partial charge in [-0.3, -0.25) is 13.9 Å². The molecule has 0 spiro atoms. The number of methoxy groups -OCH3 is 1. The molecule has 0 unspecified atom stereocenters. The van der Waals surface area contributed by atoms with Crippen molar-refractivity contribution in [2.75, 3.05) is 37.3 Å². The summed E-state index contributed by atoms with van der Waals surface area (Å²) in [6.07, 6.45) is 2.72. The van der Waals surface area contributed by atoms with Crippen LogP contribution in [0, 0.1) is 5.92 Å². The van der Waals surface area contributed by atoms with Crippen LogP contribution in [0.2, 0.25) is 0 Å². The number of benzene rings is 2. The van der Waals surface area contributed by atoms with Crippen LogP contribution in [-0.4, -0.2) is 64.2 Å². The van der Waals surface area contributed by atoms with Gasteiger partial charge in [0.15, 0.2) is 0 Å². The van der Waals surface area contributed by atoms with Gasteiger partial charge in [-0.25, -0.2) is 8.42 Å². The minimum atomic E-state index is -3.55. The third-order valence-electron chi connectivity index (χ3n) is 6.07. The molecular weight excluding hydrogens is 490 g/mol. The lowest BCUT2D eigenvalue weighted by Crippen LogP contribution is -2.50. The van der Waals surface area contributed by atoms with E-state index < -0.39 is 16.1 Å². The zero-order valence-corrected chi connectivity index (χ0v) is 23.5. The van der Waals surface area contributed by atoms with E-state index >= 15 is 0 Å². The van der Waals surface area contributed by atoms with Gasteiger partial charge in [0.25, 0.3) is 0 Å². The molecule has 0 fully saturated rings. The Labute approximate surface area is 222 Å². The predicted octanol–water partition coefficient (Wildman–Crippen LogP) is 3.86. The van der Waals surface area contributed by atoms with Crippen molar-refractivity contribution in [3.05, 3.63) is 60.2 Å². The van der Waals surface area contributed by atoms with Crippen LogP contribution in [-0.2, 0) is 26.0 Å². The van der Waals surface area contributed by atoms with E-state index in [1.807, 2.05) is 51.1 Å². The van der Waals surface area contributed by atoms with Crippen molar-refractivity contribution >= 4 is 27.5 Å². The molecule has 0 aliphatic carbocycles. The average molecular weight is 532 g/mol. The van der Waals surface area contributed by atoms with Crippen LogP contribution in [0.3, 0.4) is 0 Å². The summed E-state index contributed by atoms with van der Waals surface area (Å²) in [7, 11) is -2.00. The molecular formula is C28H41N3O5S. The summed E-state index contributed by atoms with van der Waals surface area (Å²) >= 11 is 0. The number of sulfonamides is 1. The summed E-state index contributed by atoms with van der Waals surface area (Å²) in [6, 6.07) is 16.0. The third kappa shape index (κ3) is 9.72. The van der Waals surface area contributed by atoms with Crippen molar-refractivity contribution in [3.8, 4) is 5.75 Å². The van der Waals surface area contributed by atoms with E-state index in [1.165, 1.54) is 4.31 Å². The van der Waals surface area contributed by atoms with E-state index in [2.05, 4.69) is 5.32 Å². The minimum Gasteiger partial charge on any atom is -0.497 e. The zero-order chi connectivity index (χ0) is 27.4. The monoisotopic (exact) mass is 531 g/mol. The highest BCUT2D eigenvalue weighted by Gasteiger charge is 2.28. The molecule has 204 valence electrons. The van der Waals surface area contributed by atoms with Gasteiger partial charge in [0, 0.05) is 26.1 Å². The van der Waals surface area contributed by atoms with E-state index in [9.17, 15) is 18.0 Å². The Morgan fingerprint density at radius 1 is 1.00 bits per heavy atom. The van der Waals surface area contributed by atoms with Gasteiger partial charge in [0.05, 0.1) is 19.1 Å². The van der Waals surface area contributed by atoms with Crippen LogP contribution in [0.5, 0.6) is 5.75 Å². The Morgan fingerprint density at radius 2 is 1.65 bits per heavy atom. The number of ether oxygens (including phenoxy) is 1. The molecule has 0 aliphatic heterocycles. The van der Waals surface area contributed by atoms with Crippen LogP contribution >= 0.6 is 0 Å². The Kier molecular flexibility index (Phi) is 11.9. The molecule has 0 heterocycles. The zero-order valence-electron chi connectivity index (χ0n) is 22.6. The molecule has 1 atom stereocenters. The second-order valence-electron chi connectivity index (χ2n) is 9.52. The van der Waals surface area contributed by atoms with Crippen molar-refractivity contribution in [3.63, 3.8) is 0 Å². The number of nitrogens with zero attached hydrogens (tertiary/aromatic N) is 2. The maximum absolute atomic E-state index is 13.4. The molecule has 0 aliphatic rings. The highest BCUT2D eigenvalue weighted by molar-refractivity contribution is 7.92. The van der Waals surface area contributed by atoms with Gasteiger partial charge >= 0.3 is 0 Å². The quantitative estimate of drug-likeness (QED) is 0.377. The normalized spacial score (nSPS) is 12.2. The summed E-state index contributed by atoms with van der Waals surface area (Å²) in [4.78, 5) is 28.1. The molecule has 37 heavy (non-hydrogen) atoms. The smallest absolute Gasteiger partial charge is 0.242 e. The Balaban J connectivity index is 2.14. The van der Waals surface area contributed by atoms with Gasteiger partial charge in [-0.1, -0.05) is 51.1 Å². The largest absolute Gasteiger partial charge is 0.497 e. The Morgan fingerprint density at radius 3 is 2.19 bits per heavy atom. The summed E-state index contributed by atoms with van der Waals surface area (Å²) in [5, 5.41) is 2.96. The van der Waals surface area contributed by atoms with Gasteiger partial charge in [-0.05, 0) is 55.0 Å². The first-order valence-electron chi connectivity index (χ1n) is 12.8. The lowest BCUT2D eigenvalue weighted by molar-refractivity contribution is -0.140. The summed E-state index contributed by atoms with van der Waals surface area (Å²) in [6.45, 7) is 7.05. The number of rotatable bonds is 15. The molecule has 1 N–H and O–H groups in total. The third-order valence-corrected chi connectivity index (χ3v) is 7.26. The summed E-state index contributed by atoms with van der Waals surface area (Å²) < 4.78 is 31.4. The highest BCUT2D eigenvalue weighted by atomic mass is 32.2. The molecule has 2 amide bonds. The topological polar surface area (TPSA) is 96.0 Å². The van der Waals surface area contributed by atoms with Gasteiger partial charge in [0.1, 0.15) is 11.8 Å². The number of carbonyl (C=O) groups is 2. The first-order valence-corrected chi connectivity index (χ1v) is 14.6. The minimum absolute atomic E-state index is 0.130. The van der Waals surface area contributed by atoms with Crippen LogP contribution in [0.4, 0.5) is 5.69 Å². The first kappa shape index (κ1) is 30.2. The highest BCUT2D eigenvalue weighted by Crippen LogP contribution is 2.22. The number of hydrogen-bond donors (Lipinski definition) is 1. The number of amides is 2. The van der Waals surface area contributed by atoms with Crippen LogP contribution in [0.1, 0.15) is 45.6 Å². The lowest BCUT2D eigenvalue weighted by Gasteiger charge is -2.31. The van der Waals surface area contributed by atoms with Gasteiger partial charge in [0.2, 0.25) is 21.8 Å². The number of hydrogen-bond acceptors (Lipinski definition) is 5. The van der Waals surface area contributed by atoms with Crippen LogP contribution in [0.15, 0.2) is 54.6 Å². The molecule has 2 aromatic carbocycles. The molecule has 0 aromatic heterocycles. The summed E-state index contributed by atoms with van der Waals surface area (Å²) in [5.74, 6) is 0.608. The van der Waals surface area contributed by atoms with E-state index in [1.54, 1.807) is 36.3 Å². The molecule has 2 aromatic rings. The van der Waals surface area contributed by atoms with Crippen LogP contribution < -0.4 is 14.4 Å². The van der Waals surface area contributed by atoms with Crippen molar-refractivity contribution in [1.82, 2.24) is 10.2 Å². The lowest BCUT2D eigenvalue weighted by atomic mass is 10.1. The summed E-state index contributed by atoms with van der Waals surface area (Å²) in [5.41, 5.74) is 1.59. The fraction of sp³-hybridized carbons (Fsp3) is 0.500. The predicted molar refractivity (Wildman–Crippen MR) is 148 cm³/mol. The van der Waals surface area contributed by atoms with Crippen LogP contribution in [0.25, 0.3) is 0 Å². The van der Waals surface area contributed by atoms with E-state index in [0.29, 0.717) is 49.7 Å². The molecule has 0 radical (unpaired) electrons. The number of carbonyl (C=O) groups excluding carboxylic acids is 2. The van der Waals surface area contributed by atoms with Crippen molar-refractivity contribution < 1.29 is 22.7 Å². The molecule has 0 bridgehead atoms. The molecule has 0 saturated carbocycles. The fourth-order valence-electron chi connectivity index (χ4n) is 4.07. The molecule has 0 saturated heterocycles. The van der Waals surface area contributed by atoms with Crippen molar-refractivity contribution in [2.24, 2.45) is 5.92 Å². The second kappa shape index (κ2) is 14.6. The van der Waals surface area contributed by atoms with E-state index in [4.69, 9.17) is 4.74 Å².